The fraction of sp³-hybridized carbons (Fsp3) is 0.375. The van der Waals surface area contributed by atoms with Gasteiger partial charge in [-0.25, -0.2) is 4.98 Å². The Kier molecular flexibility index (Phi) is 2.53. The number of aromatic nitrogens is 2. The predicted molar refractivity (Wildman–Crippen MR) is 56.9 cm³/mol. The Bertz CT molecular complexity index is 582. The van der Waals surface area contributed by atoms with E-state index in [1.807, 2.05) is 6.92 Å². The van der Waals surface area contributed by atoms with Crippen molar-refractivity contribution in [3.63, 3.8) is 0 Å². The van der Waals surface area contributed by atoms with E-state index in [9.17, 15) is 8.42 Å². The van der Waals surface area contributed by atoms with Crippen LogP contribution in [0.2, 0.25) is 0 Å². The first-order chi connectivity index (χ1) is 7.04. The van der Waals surface area contributed by atoms with Gasteiger partial charge < -0.3 is 0 Å². The molecular weight excluding hydrogens is 236 g/mol. The second kappa shape index (κ2) is 3.58. The quantitative estimate of drug-likeness (QED) is 0.835. The maximum Gasteiger partial charge on any atom is 0.312 e. The summed E-state index contributed by atoms with van der Waals surface area (Å²) < 4.78 is 32.9. The molecule has 0 saturated heterocycles. The monoisotopic (exact) mass is 246 g/mol. The van der Waals surface area contributed by atoms with E-state index in [1.165, 1.54) is 15.7 Å². The van der Waals surface area contributed by atoms with Crippen molar-refractivity contribution in [2.45, 2.75) is 24.8 Å². The van der Waals surface area contributed by atoms with Gasteiger partial charge in [0, 0.05) is 11.6 Å². The van der Waals surface area contributed by atoms with Crippen LogP contribution in [0.25, 0.3) is 4.96 Å². The number of nitrogens with zero attached hydrogens (tertiary/aromatic N) is 2. The molecule has 0 atom stereocenters. The minimum absolute atomic E-state index is 0.0967. The average Bonchev–Trinajstić information content (AvgIpc) is 2.60. The highest BCUT2D eigenvalue weighted by Gasteiger charge is 2.22. The highest BCUT2D eigenvalue weighted by Crippen LogP contribution is 2.22. The van der Waals surface area contributed by atoms with Crippen molar-refractivity contribution in [1.29, 1.82) is 0 Å². The summed E-state index contributed by atoms with van der Waals surface area (Å²) >= 11 is 1.34. The van der Waals surface area contributed by atoms with Crippen LogP contribution >= 0.6 is 11.3 Å². The molecule has 2 heterocycles. The summed E-state index contributed by atoms with van der Waals surface area (Å²) in [6.07, 6.45) is 2.92. The van der Waals surface area contributed by atoms with Crippen LogP contribution in [-0.2, 0) is 16.5 Å². The molecule has 0 spiro atoms. The lowest BCUT2D eigenvalue weighted by molar-refractivity contribution is 0.476. The molecule has 0 aliphatic rings. The van der Waals surface area contributed by atoms with E-state index in [0.29, 0.717) is 17.1 Å². The summed E-state index contributed by atoms with van der Waals surface area (Å²) in [5.41, 5.74) is 0.437. The molecule has 0 amide bonds. The molecule has 2 aromatic rings. The molecule has 0 radical (unpaired) electrons. The van der Waals surface area contributed by atoms with Crippen molar-refractivity contribution < 1.29 is 13.0 Å². The van der Waals surface area contributed by atoms with Gasteiger partial charge in [-0.1, -0.05) is 13.3 Å². The molecule has 0 aromatic carbocycles. The minimum atomic E-state index is -4.20. The molecule has 0 aliphatic carbocycles. The number of rotatable bonds is 3. The molecule has 0 saturated carbocycles. The predicted octanol–water partition coefficient (Wildman–Crippen LogP) is 1.59. The molecule has 2 rings (SSSR count). The van der Waals surface area contributed by atoms with E-state index < -0.39 is 10.1 Å². The first-order valence-electron chi connectivity index (χ1n) is 4.46. The molecule has 0 bridgehead atoms. The maximum absolute atomic E-state index is 11.2. The van der Waals surface area contributed by atoms with Crippen molar-refractivity contribution in [3.8, 4) is 0 Å². The van der Waals surface area contributed by atoms with Crippen molar-refractivity contribution in [2.75, 3.05) is 0 Å². The third kappa shape index (κ3) is 1.77. The minimum Gasteiger partial charge on any atom is -0.281 e. The van der Waals surface area contributed by atoms with Crippen LogP contribution in [0.1, 0.15) is 19.0 Å². The second-order valence-corrected chi connectivity index (χ2v) is 5.35. The third-order valence-electron chi connectivity index (χ3n) is 2.02. The molecule has 7 heteroatoms. The van der Waals surface area contributed by atoms with Crippen LogP contribution in [0.4, 0.5) is 0 Å². The number of imidazole rings is 1. The standard InChI is InChI=1S/C8H10N2O3S2/c1-2-3-6-7(15(11,12)13)10-4-5-14-8(10)9-6/h4-5H,2-3H2,1H3,(H,11,12,13). The van der Waals surface area contributed by atoms with Crippen LogP contribution in [0, 0.1) is 0 Å². The fourth-order valence-corrected chi connectivity index (χ4v) is 3.11. The van der Waals surface area contributed by atoms with E-state index >= 15 is 0 Å². The highest BCUT2D eigenvalue weighted by molar-refractivity contribution is 7.85. The normalized spacial score (nSPS) is 12.4. The molecule has 0 fully saturated rings. The Hall–Kier alpha value is -0.920. The molecule has 82 valence electrons. The van der Waals surface area contributed by atoms with E-state index in [0.717, 1.165) is 6.42 Å². The number of thiazole rings is 1. The zero-order valence-corrected chi connectivity index (χ0v) is 9.68. The first-order valence-corrected chi connectivity index (χ1v) is 6.78. The van der Waals surface area contributed by atoms with E-state index in [4.69, 9.17) is 4.55 Å². The van der Waals surface area contributed by atoms with Crippen molar-refractivity contribution in [3.05, 3.63) is 17.3 Å². The van der Waals surface area contributed by atoms with Gasteiger partial charge >= 0.3 is 10.1 Å². The molecule has 15 heavy (non-hydrogen) atoms. The molecule has 0 aliphatic heterocycles. The SMILES string of the molecule is CCCc1nc2sccn2c1S(=O)(=O)O. The fourth-order valence-electron chi connectivity index (χ4n) is 1.48. The van der Waals surface area contributed by atoms with Gasteiger partial charge in [-0.3, -0.25) is 8.95 Å². The molecule has 2 aromatic heterocycles. The lowest BCUT2D eigenvalue weighted by Gasteiger charge is -1.98. The van der Waals surface area contributed by atoms with Gasteiger partial charge in [0.2, 0.25) is 0 Å². The van der Waals surface area contributed by atoms with Crippen LogP contribution < -0.4 is 0 Å². The van der Waals surface area contributed by atoms with Crippen molar-refractivity contribution >= 4 is 26.4 Å². The molecule has 0 unspecified atom stereocenters. The zero-order chi connectivity index (χ0) is 11.1. The largest absolute Gasteiger partial charge is 0.312 e. The van der Waals surface area contributed by atoms with Gasteiger partial charge in [0.1, 0.15) is 0 Å². The van der Waals surface area contributed by atoms with Crippen LogP contribution in [0.3, 0.4) is 0 Å². The summed E-state index contributed by atoms with van der Waals surface area (Å²) in [6.45, 7) is 1.93. The Morgan fingerprint density at radius 1 is 1.60 bits per heavy atom. The third-order valence-corrected chi connectivity index (χ3v) is 3.69. The van der Waals surface area contributed by atoms with Crippen molar-refractivity contribution in [1.82, 2.24) is 9.38 Å². The lowest BCUT2D eigenvalue weighted by atomic mass is 10.3. The van der Waals surface area contributed by atoms with Crippen LogP contribution in [0.5, 0.6) is 0 Å². The smallest absolute Gasteiger partial charge is 0.281 e. The van der Waals surface area contributed by atoms with Crippen molar-refractivity contribution in [2.24, 2.45) is 0 Å². The topological polar surface area (TPSA) is 71.7 Å². The van der Waals surface area contributed by atoms with Gasteiger partial charge in [0.05, 0.1) is 5.69 Å². The number of hydrogen-bond acceptors (Lipinski definition) is 4. The average molecular weight is 246 g/mol. The van der Waals surface area contributed by atoms with Gasteiger partial charge in [-0.15, -0.1) is 11.3 Å². The Balaban J connectivity index is 2.75. The summed E-state index contributed by atoms with van der Waals surface area (Å²) in [7, 11) is -4.20. The Labute approximate surface area is 91.1 Å². The van der Waals surface area contributed by atoms with Crippen LogP contribution in [0.15, 0.2) is 16.6 Å². The number of hydrogen-bond donors (Lipinski definition) is 1. The van der Waals surface area contributed by atoms with Gasteiger partial charge in [-0.05, 0) is 6.42 Å². The first kappa shape index (κ1) is 10.6. The maximum atomic E-state index is 11.2. The summed E-state index contributed by atoms with van der Waals surface area (Å²) in [5.74, 6) is 0. The number of aryl methyl sites for hydroxylation is 1. The summed E-state index contributed by atoms with van der Waals surface area (Å²) in [4.78, 5) is 4.76. The Morgan fingerprint density at radius 2 is 2.33 bits per heavy atom. The zero-order valence-electron chi connectivity index (χ0n) is 8.04. The summed E-state index contributed by atoms with van der Waals surface area (Å²) in [6, 6.07) is 0. The number of fused-ring (bicyclic) bond motifs is 1. The van der Waals surface area contributed by atoms with E-state index in [1.54, 1.807) is 11.6 Å². The lowest BCUT2D eigenvalue weighted by Crippen LogP contribution is -2.05. The van der Waals surface area contributed by atoms with E-state index in [2.05, 4.69) is 4.98 Å². The van der Waals surface area contributed by atoms with Gasteiger partial charge in [-0.2, -0.15) is 8.42 Å². The van der Waals surface area contributed by atoms with Gasteiger partial charge in [0.15, 0.2) is 9.99 Å². The molecular formula is C8H10N2O3S2. The van der Waals surface area contributed by atoms with E-state index in [-0.39, 0.29) is 5.03 Å². The second-order valence-electron chi connectivity index (χ2n) is 3.14. The van der Waals surface area contributed by atoms with Crippen LogP contribution in [-0.4, -0.2) is 22.4 Å². The molecule has 1 N–H and O–H groups in total. The van der Waals surface area contributed by atoms with Gasteiger partial charge in [0.25, 0.3) is 0 Å². The summed E-state index contributed by atoms with van der Waals surface area (Å²) in [5, 5.41) is 1.63. The molecule has 5 nitrogen and oxygen atoms in total. The Morgan fingerprint density at radius 3 is 2.93 bits per heavy atom. The highest BCUT2D eigenvalue weighted by atomic mass is 32.2.